The highest BCUT2D eigenvalue weighted by Gasteiger charge is 2.33. The highest BCUT2D eigenvalue weighted by molar-refractivity contribution is 7.91. The highest BCUT2D eigenvalue weighted by Crippen LogP contribution is 2.17. The van der Waals surface area contributed by atoms with Crippen LogP contribution in [0.3, 0.4) is 0 Å². The summed E-state index contributed by atoms with van der Waals surface area (Å²) < 4.78 is 36.2. The molecule has 1 atom stereocenters. The molecule has 0 spiro atoms. The van der Waals surface area contributed by atoms with Gasteiger partial charge in [-0.25, -0.2) is 12.8 Å². The second kappa shape index (κ2) is 7.74. The van der Waals surface area contributed by atoms with Crippen LogP contribution in [-0.4, -0.2) is 55.8 Å². The van der Waals surface area contributed by atoms with Crippen molar-refractivity contribution in [3.05, 3.63) is 35.6 Å². The summed E-state index contributed by atoms with van der Waals surface area (Å²) >= 11 is 0. The van der Waals surface area contributed by atoms with Crippen LogP contribution >= 0.6 is 0 Å². The quantitative estimate of drug-likeness (QED) is 0.805. The number of likely N-dealkylation sites (N-methyl/N-ethyl adjacent to an activating group) is 1. The fraction of sp³-hybridized carbons (Fsp3) is 0.500. The predicted octanol–water partition coefficient (Wildman–Crippen LogP) is 0.520. The number of benzene rings is 1. The number of sulfone groups is 1. The lowest BCUT2D eigenvalue weighted by Crippen LogP contribution is -2.46. The molecule has 1 N–H and O–H groups in total. The van der Waals surface area contributed by atoms with Crippen molar-refractivity contribution in [1.29, 1.82) is 0 Å². The van der Waals surface area contributed by atoms with Gasteiger partial charge in [0.1, 0.15) is 5.82 Å². The van der Waals surface area contributed by atoms with Gasteiger partial charge in [-0.2, -0.15) is 0 Å². The number of hydrogen-bond donors (Lipinski definition) is 1. The van der Waals surface area contributed by atoms with Crippen molar-refractivity contribution < 1.29 is 22.4 Å². The number of carbonyl (C=O) groups excluding carboxylic acids is 2. The lowest BCUT2D eigenvalue weighted by atomic mass is 10.1. The Balaban J connectivity index is 1.86. The van der Waals surface area contributed by atoms with E-state index in [4.69, 9.17) is 0 Å². The highest BCUT2D eigenvalue weighted by atomic mass is 32.2. The van der Waals surface area contributed by atoms with Gasteiger partial charge in [0, 0.05) is 12.6 Å². The first-order valence-corrected chi connectivity index (χ1v) is 9.64. The number of amides is 2. The third-order valence-electron chi connectivity index (χ3n) is 4.00. The SMILES string of the molecule is CCN(C(=O)CNC(=O)Cc1cccc(F)c1)C1CCS(=O)(=O)C1. The van der Waals surface area contributed by atoms with E-state index in [1.54, 1.807) is 13.0 Å². The molecule has 1 aliphatic rings. The standard InChI is InChI=1S/C16H21FN2O4S/c1-2-19(14-6-7-24(22,23)11-14)16(21)10-18-15(20)9-12-4-3-5-13(17)8-12/h3-5,8,14H,2,6-7,9-11H2,1H3,(H,18,20). The first-order valence-electron chi connectivity index (χ1n) is 7.82. The van der Waals surface area contributed by atoms with E-state index in [9.17, 15) is 22.4 Å². The maximum absolute atomic E-state index is 13.1. The van der Waals surface area contributed by atoms with Crippen LogP contribution in [-0.2, 0) is 25.8 Å². The summed E-state index contributed by atoms with van der Waals surface area (Å²) in [7, 11) is -3.08. The molecule has 132 valence electrons. The van der Waals surface area contributed by atoms with E-state index in [0.29, 0.717) is 18.5 Å². The minimum absolute atomic E-state index is 0.0189. The van der Waals surface area contributed by atoms with Crippen molar-refractivity contribution in [2.24, 2.45) is 0 Å². The average molecular weight is 356 g/mol. The Morgan fingerprint density at radius 2 is 2.12 bits per heavy atom. The van der Waals surface area contributed by atoms with Crippen LogP contribution < -0.4 is 5.32 Å². The zero-order valence-corrected chi connectivity index (χ0v) is 14.3. The van der Waals surface area contributed by atoms with Crippen LogP contribution in [0.4, 0.5) is 4.39 Å². The van der Waals surface area contributed by atoms with Gasteiger partial charge in [0.05, 0.1) is 24.5 Å². The van der Waals surface area contributed by atoms with Crippen LogP contribution in [0.5, 0.6) is 0 Å². The van der Waals surface area contributed by atoms with Gasteiger partial charge in [0.25, 0.3) is 0 Å². The Morgan fingerprint density at radius 1 is 1.38 bits per heavy atom. The summed E-state index contributed by atoms with van der Waals surface area (Å²) in [6, 6.07) is 5.38. The number of carbonyl (C=O) groups is 2. The Bertz CT molecular complexity index is 721. The monoisotopic (exact) mass is 356 g/mol. The van der Waals surface area contributed by atoms with Gasteiger partial charge in [-0.15, -0.1) is 0 Å². The second-order valence-electron chi connectivity index (χ2n) is 5.82. The van der Waals surface area contributed by atoms with E-state index in [1.165, 1.54) is 23.1 Å². The van der Waals surface area contributed by atoms with Crippen molar-refractivity contribution >= 4 is 21.7 Å². The Kier molecular flexibility index (Phi) is 5.93. The molecule has 8 heteroatoms. The minimum atomic E-state index is -3.08. The van der Waals surface area contributed by atoms with Gasteiger partial charge in [-0.05, 0) is 31.0 Å². The zero-order valence-electron chi connectivity index (χ0n) is 13.5. The molecule has 1 heterocycles. The van der Waals surface area contributed by atoms with Gasteiger partial charge >= 0.3 is 0 Å². The first kappa shape index (κ1) is 18.4. The van der Waals surface area contributed by atoms with E-state index in [1.807, 2.05) is 0 Å². The largest absolute Gasteiger partial charge is 0.347 e. The van der Waals surface area contributed by atoms with Crippen molar-refractivity contribution in [1.82, 2.24) is 10.2 Å². The predicted molar refractivity (Wildman–Crippen MR) is 87.6 cm³/mol. The molecule has 6 nitrogen and oxygen atoms in total. The molecule has 1 unspecified atom stereocenters. The maximum atomic E-state index is 13.1. The lowest BCUT2D eigenvalue weighted by Gasteiger charge is -2.27. The van der Waals surface area contributed by atoms with Crippen molar-refractivity contribution in [2.45, 2.75) is 25.8 Å². The van der Waals surface area contributed by atoms with Gasteiger partial charge in [0.2, 0.25) is 11.8 Å². The molecular formula is C16H21FN2O4S. The molecule has 1 saturated heterocycles. The molecule has 1 fully saturated rings. The van der Waals surface area contributed by atoms with Crippen LogP contribution in [0.25, 0.3) is 0 Å². The Hall–Kier alpha value is -1.96. The normalized spacial score (nSPS) is 19.0. The van der Waals surface area contributed by atoms with Crippen molar-refractivity contribution in [3.63, 3.8) is 0 Å². The fourth-order valence-electron chi connectivity index (χ4n) is 2.83. The molecule has 1 aromatic carbocycles. The number of hydrogen-bond acceptors (Lipinski definition) is 4. The van der Waals surface area contributed by atoms with Crippen LogP contribution in [0, 0.1) is 5.82 Å². The summed E-state index contributed by atoms with van der Waals surface area (Å²) in [4.78, 5) is 25.6. The number of nitrogens with one attached hydrogen (secondary N) is 1. The summed E-state index contributed by atoms with van der Waals surface area (Å²) in [6.45, 7) is 1.97. The van der Waals surface area contributed by atoms with Crippen molar-refractivity contribution in [2.75, 3.05) is 24.6 Å². The Labute approximate surface area is 140 Å². The molecule has 0 aliphatic carbocycles. The molecule has 2 amide bonds. The number of halogens is 1. The van der Waals surface area contributed by atoms with Crippen LogP contribution in [0.1, 0.15) is 18.9 Å². The van der Waals surface area contributed by atoms with Crippen LogP contribution in [0.15, 0.2) is 24.3 Å². The van der Waals surface area contributed by atoms with E-state index >= 15 is 0 Å². The number of nitrogens with zero attached hydrogens (tertiary/aromatic N) is 1. The third-order valence-corrected chi connectivity index (χ3v) is 5.75. The minimum Gasteiger partial charge on any atom is -0.347 e. The molecule has 0 saturated carbocycles. The molecule has 1 aliphatic heterocycles. The summed E-state index contributed by atoms with van der Waals surface area (Å²) in [5.74, 6) is -1.05. The average Bonchev–Trinajstić information content (AvgIpc) is 2.86. The van der Waals surface area contributed by atoms with E-state index in [-0.39, 0.29) is 42.3 Å². The topological polar surface area (TPSA) is 83.6 Å². The molecule has 2 rings (SSSR count). The molecule has 0 radical (unpaired) electrons. The third kappa shape index (κ3) is 5.02. The van der Waals surface area contributed by atoms with Gasteiger partial charge in [-0.1, -0.05) is 12.1 Å². The summed E-state index contributed by atoms with van der Waals surface area (Å²) in [5, 5.41) is 2.51. The van der Waals surface area contributed by atoms with Crippen molar-refractivity contribution in [3.8, 4) is 0 Å². The summed E-state index contributed by atoms with van der Waals surface area (Å²) in [6.07, 6.45) is 0.411. The van der Waals surface area contributed by atoms with E-state index in [0.717, 1.165) is 0 Å². The van der Waals surface area contributed by atoms with E-state index < -0.39 is 15.7 Å². The van der Waals surface area contributed by atoms with E-state index in [2.05, 4.69) is 5.32 Å². The molecule has 0 aromatic heterocycles. The molecular weight excluding hydrogens is 335 g/mol. The zero-order chi connectivity index (χ0) is 17.7. The second-order valence-corrected chi connectivity index (χ2v) is 8.05. The molecule has 0 bridgehead atoms. The smallest absolute Gasteiger partial charge is 0.242 e. The lowest BCUT2D eigenvalue weighted by molar-refractivity contribution is -0.134. The van der Waals surface area contributed by atoms with Gasteiger partial charge in [0.15, 0.2) is 9.84 Å². The first-order chi connectivity index (χ1) is 11.3. The number of rotatable bonds is 6. The Morgan fingerprint density at radius 3 is 2.71 bits per heavy atom. The fourth-order valence-corrected chi connectivity index (χ4v) is 4.56. The maximum Gasteiger partial charge on any atom is 0.242 e. The van der Waals surface area contributed by atoms with Gasteiger partial charge < -0.3 is 10.2 Å². The molecule has 1 aromatic rings. The van der Waals surface area contributed by atoms with Crippen LogP contribution in [0.2, 0.25) is 0 Å². The molecule has 24 heavy (non-hydrogen) atoms. The van der Waals surface area contributed by atoms with Gasteiger partial charge in [-0.3, -0.25) is 9.59 Å². The summed E-state index contributed by atoms with van der Waals surface area (Å²) in [5.41, 5.74) is 0.522.